The van der Waals surface area contributed by atoms with Gasteiger partial charge in [0.2, 0.25) is 0 Å². The zero-order valence-corrected chi connectivity index (χ0v) is 14.7. The average Bonchev–Trinajstić information content (AvgIpc) is 3.36. The van der Waals surface area contributed by atoms with E-state index in [4.69, 9.17) is 13.9 Å². The van der Waals surface area contributed by atoms with Crippen LogP contribution in [0.3, 0.4) is 0 Å². The van der Waals surface area contributed by atoms with Crippen LogP contribution in [0.5, 0.6) is 0 Å². The first-order valence-corrected chi connectivity index (χ1v) is 9.56. The lowest BCUT2D eigenvalue weighted by atomic mass is 9.54. The molecule has 3 aliphatic rings. The topological polar surface area (TPSA) is 72.7 Å². The van der Waals surface area contributed by atoms with Gasteiger partial charge in [0.15, 0.2) is 0 Å². The Morgan fingerprint density at radius 3 is 3.04 bits per heavy atom. The Bertz CT molecular complexity index is 568. The molecule has 138 valence electrons. The molecule has 2 saturated carbocycles. The number of fused-ring (bicyclic) bond motifs is 2. The summed E-state index contributed by atoms with van der Waals surface area (Å²) in [6.07, 6.45) is 8.81. The molecule has 0 aromatic carbocycles. The van der Waals surface area contributed by atoms with Crippen LogP contribution in [0, 0.1) is 11.3 Å². The van der Waals surface area contributed by atoms with E-state index < -0.39 is 0 Å². The minimum absolute atomic E-state index is 0.0485. The summed E-state index contributed by atoms with van der Waals surface area (Å²) in [6, 6.07) is 3.98. The normalized spacial score (nSPS) is 29.4. The molecular formula is C19H28N2O4. The third kappa shape index (κ3) is 3.29. The summed E-state index contributed by atoms with van der Waals surface area (Å²) in [5.74, 6) is 1.34. The molecule has 25 heavy (non-hydrogen) atoms. The van der Waals surface area contributed by atoms with Crippen LogP contribution < -0.4 is 10.6 Å². The van der Waals surface area contributed by atoms with Gasteiger partial charge in [0, 0.05) is 37.1 Å². The first-order valence-electron chi connectivity index (χ1n) is 9.56. The van der Waals surface area contributed by atoms with E-state index in [1.165, 1.54) is 25.7 Å². The van der Waals surface area contributed by atoms with E-state index >= 15 is 0 Å². The van der Waals surface area contributed by atoms with Crippen molar-refractivity contribution in [1.29, 1.82) is 0 Å². The Hall–Kier alpha value is -1.53. The molecule has 0 bridgehead atoms. The van der Waals surface area contributed by atoms with Crippen LogP contribution in [-0.2, 0) is 16.1 Å². The minimum atomic E-state index is -0.0485. The maximum atomic E-state index is 12.3. The van der Waals surface area contributed by atoms with Crippen molar-refractivity contribution in [2.75, 3.05) is 19.8 Å². The van der Waals surface area contributed by atoms with E-state index in [1.54, 1.807) is 6.26 Å². The van der Waals surface area contributed by atoms with Crippen molar-refractivity contribution in [2.24, 2.45) is 11.3 Å². The number of hydrogen-bond acceptors (Lipinski definition) is 4. The summed E-state index contributed by atoms with van der Waals surface area (Å²) >= 11 is 0. The van der Waals surface area contributed by atoms with Gasteiger partial charge in [0.1, 0.15) is 12.4 Å². The van der Waals surface area contributed by atoms with Crippen molar-refractivity contribution in [3.63, 3.8) is 0 Å². The number of urea groups is 1. The highest BCUT2D eigenvalue weighted by atomic mass is 16.5. The first kappa shape index (κ1) is 16.9. The molecule has 6 heteroatoms. The second-order valence-corrected chi connectivity index (χ2v) is 7.55. The molecule has 1 aromatic rings. The predicted molar refractivity (Wildman–Crippen MR) is 92.1 cm³/mol. The summed E-state index contributed by atoms with van der Waals surface area (Å²) in [5.41, 5.74) is 0.213. The number of carbonyl (C=O) groups is 1. The molecule has 6 nitrogen and oxygen atoms in total. The Balaban J connectivity index is 1.15. The van der Waals surface area contributed by atoms with Crippen molar-refractivity contribution in [1.82, 2.24) is 10.6 Å². The maximum absolute atomic E-state index is 12.3. The highest BCUT2D eigenvalue weighted by Crippen LogP contribution is 2.60. The second-order valence-electron chi connectivity index (χ2n) is 7.55. The number of nitrogens with one attached hydrogen (secondary N) is 2. The van der Waals surface area contributed by atoms with Gasteiger partial charge >= 0.3 is 6.03 Å². The van der Waals surface area contributed by atoms with E-state index in [0.717, 1.165) is 25.2 Å². The van der Waals surface area contributed by atoms with Crippen LogP contribution in [0.15, 0.2) is 22.8 Å². The molecule has 4 rings (SSSR count). The monoisotopic (exact) mass is 348 g/mol. The van der Waals surface area contributed by atoms with Crippen LogP contribution in [0.2, 0.25) is 0 Å². The molecule has 2 aliphatic carbocycles. The SMILES string of the molecule is O=C(NCCCOCc1ccco1)NC1C2CCOC2C12CCCC2. The van der Waals surface area contributed by atoms with Crippen molar-refractivity contribution in [3.05, 3.63) is 24.2 Å². The highest BCUT2D eigenvalue weighted by molar-refractivity contribution is 5.74. The molecular weight excluding hydrogens is 320 g/mol. The van der Waals surface area contributed by atoms with Gasteiger partial charge in [-0.2, -0.15) is 0 Å². The third-order valence-corrected chi connectivity index (χ3v) is 6.15. The van der Waals surface area contributed by atoms with E-state index in [-0.39, 0.29) is 17.5 Å². The van der Waals surface area contributed by atoms with Gasteiger partial charge in [-0.05, 0) is 37.8 Å². The zero-order valence-electron chi connectivity index (χ0n) is 14.7. The lowest BCUT2D eigenvalue weighted by Crippen LogP contribution is -2.69. The average molecular weight is 348 g/mol. The van der Waals surface area contributed by atoms with Gasteiger partial charge in [-0.25, -0.2) is 4.79 Å². The number of amides is 2. The van der Waals surface area contributed by atoms with Gasteiger partial charge in [0.25, 0.3) is 0 Å². The molecule has 1 aromatic heterocycles. The van der Waals surface area contributed by atoms with Crippen molar-refractivity contribution >= 4 is 6.03 Å². The summed E-state index contributed by atoms with van der Waals surface area (Å²) in [4.78, 5) is 12.3. The first-order chi connectivity index (χ1) is 12.3. The lowest BCUT2D eigenvalue weighted by molar-refractivity contribution is -0.126. The Morgan fingerprint density at radius 1 is 1.36 bits per heavy atom. The summed E-state index contributed by atoms with van der Waals surface area (Å²) in [7, 11) is 0. The quantitative estimate of drug-likeness (QED) is 0.743. The summed E-state index contributed by atoms with van der Waals surface area (Å²) < 4.78 is 16.7. The molecule has 1 saturated heterocycles. The third-order valence-electron chi connectivity index (χ3n) is 6.15. The standard InChI is InChI=1S/C19H28N2O4/c22-18(20-9-4-10-23-13-14-5-3-11-24-14)21-16-15-6-12-25-17(15)19(16)7-1-2-8-19/h3,5,11,15-17H,1-2,4,6-10,12-13H2,(H2,20,21,22). The van der Waals surface area contributed by atoms with Gasteiger partial charge in [-0.15, -0.1) is 0 Å². The largest absolute Gasteiger partial charge is 0.467 e. The van der Waals surface area contributed by atoms with E-state index in [1.807, 2.05) is 12.1 Å². The van der Waals surface area contributed by atoms with Gasteiger partial charge in [0.05, 0.1) is 12.4 Å². The van der Waals surface area contributed by atoms with E-state index in [0.29, 0.717) is 31.8 Å². The molecule has 2 heterocycles. The predicted octanol–water partition coefficient (Wildman–Crippen LogP) is 2.83. The number of carbonyl (C=O) groups excluding carboxylic acids is 1. The van der Waals surface area contributed by atoms with Gasteiger partial charge < -0.3 is 24.5 Å². The fraction of sp³-hybridized carbons (Fsp3) is 0.737. The van der Waals surface area contributed by atoms with Gasteiger partial charge in [-0.1, -0.05) is 12.8 Å². The number of hydrogen-bond donors (Lipinski definition) is 2. The highest BCUT2D eigenvalue weighted by Gasteiger charge is 2.65. The number of ether oxygens (including phenoxy) is 2. The molecule has 3 fully saturated rings. The fourth-order valence-electron chi connectivity index (χ4n) is 5.04. The Morgan fingerprint density at radius 2 is 2.24 bits per heavy atom. The van der Waals surface area contributed by atoms with Crippen molar-refractivity contribution < 1.29 is 18.7 Å². The summed E-state index contributed by atoms with van der Waals surface area (Å²) in [5, 5.41) is 6.22. The fourth-order valence-corrected chi connectivity index (χ4v) is 5.04. The molecule has 0 radical (unpaired) electrons. The lowest BCUT2D eigenvalue weighted by Gasteiger charge is -2.56. The zero-order chi connectivity index (χ0) is 17.1. The second kappa shape index (κ2) is 7.38. The van der Waals surface area contributed by atoms with Crippen LogP contribution in [0.25, 0.3) is 0 Å². The summed E-state index contributed by atoms with van der Waals surface area (Å²) in [6.45, 7) is 2.55. The van der Waals surface area contributed by atoms with Crippen LogP contribution in [-0.4, -0.2) is 37.9 Å². The Kier molecular flexibility index (Phi) is 4.99. The molecule has 3 atom stereocenters. The van der Waals surface area contributed by atoms with Crippen molar-refractivity contribution in [3.8, 4) is 0 Å². The van der Waals surface area contributed by atoms with Gasteiger partial charge in [-0.3, -0.25) is 0 Å². The number of rotatable bonds is 7. The Labute approximate surface area is 148 Å². The molecule has 1 aliphatic heterocycles. The van der Waals surface area contributed by atoms with Crippen LogP contribution >= 0.6 is 0 Å². The smallest absolute Gasteiger partial charge is 0.315 e. The molecule has 2 amide bonds. The molecule has 3 unspecified atom stereocenters. The van der Waals surface area contributed by atoms with E-state index in [2.05, 4.69) is 10.6 Å². The van der Waals surface area contributed by atoms with Crippen LogP contribution in [0.1, 0.15) is 44.3 Å². The van der Waals surface area contributed by atoms with Crippen LogP contribution in [0.4, 0.5) is 4.79 Å². The molecule has 2 N–H and O–H groups in total. The van der Waals surface area contributed by atoms with E-state index in [9.17, 15) is 4.79 Å². The number of furan rings is 1. The molecule has 1 spiro atoms. The maximum Gasteiger partial charge on any atom is 0.315 e. The minimum Gasteiger partial charge on any atom is -0.467 e. The van der Waals surface area contributed by atoms with Crippen molar-refractivity contribution in [2.45, 2.75) is 57.3 Å².